The van der Waals surface area contributed by atoms with Gasteiger partial charge in [0.1, 0.15) is 12.0 Å². The van der Waals surface area contributed by atoms with Gasteiger partial charge in [0, 0.05) is 18.1 Å². The summed E-state index contributed by atoms with van der Waals surface area (Å²) in [4.78, 5) is 12.9. The van der Waals surface area contributed by atoms with Gasteiger partial charge in [-0.1, -0.05) is 32.0 Å². The molecule has 0 fully saturated rings. The second-order valence-electron chi connectivity index (χ2n) is 6.10. The number of fused-ring (bicyclic) bond motifs is 1. The molecule has 2 aromatic heterocycles. The van der Waals surface area contributed by atoms with Crippen LogP contribution in [0.25, 0.3) is 10.9 Å². The molecular formula is C18H22N6. The maximum Gasteiger partial charge on any atom is 0.159 e. The van der Waals surface area contributed by atoms with Gasteiger partial charge < -0.3 is 16.4 Å². The van der Waals surface area contributed by atoms with E-state index in [1.54, 1.807) is 6.20 Å². The monoisotopic (exact) mass is 322 g/mol. The number of hydrogen-bond acceptors (Lipinski definition) is 6. The van der Waals surface area contributed by atoms with Crippen molar-refractivity contribution in [3.05, 3.63) is 42.9 Å². The highest BCUT2D eigenvalue weighted by atomic mass is 15.1. The Kier molecular flexibility index (Phi) is 4.74. The third kappa shape index (κ3) is 3.53. The van der Waals surface area contributed by atoms with Crippen LogP contribution >= 0.6 is 0 Å². The van der Waals surface area contributed by atoms with Crippen LogP contribution in [0.1, 0.15) is 20.3 Å². The van der Waals surface area contributed by atoms with Crippen molar-refractivity contribution in [3.63, 3.8) is 0 Å². The van der Waals surface area contributed by atoms with E-state index in [-0.39, 0.29) is 0 Å². The van der Waals surface area contributed by atoms with E-state index < -0.39 is 0 Å². The summed E-state index contributed by atoms with van der Waals surface area (Å²) in [7, 11) is 0. The molecule has 3 rings (SSSR count). The standard InChI is InChI=1S/C18H22N6/c1-12(2)8-10-21-17-15(19)18(23-11-22-17)24-14-7-3-5-13-6-4-9-20-16(13)14/h3-7,9,11-12H,8,10,19H2,1-2H3,(H2,21,22,23,24). The molecule has 24 heavy (non-hydrogen) atoms. The summed E-state index contributed by atoms with van der Waals surface area (Å²) in [5.41, 5.74) is 8.48. The molecule has 6 heteroatoms. The first-order valence-electron chi connectivity index (χ1n) is 8.10. The van der Waals surface area contributed by atoms with E-state index >= 15 is 0 Å². The number of para-hydroxylation sites is 1. The number of nitrogens with two attached hydrogens (primary N) is 1. The Bertz CT molecular complexity index is 825. The van der Waals surface area contributed by atoms with Gasteiger partial charge in [-0.05, 0) is 24.5 Å². The van der Waals surface area contributed by atoms with E-state index in [1.165, 1.54) is 6.33 Å². The van der Waals surface area contributed by atoms with Crippen LogP contribution in [0.3, 0.4) is 0 Å². The molecule has 0 unspecified atom stereocenters. The molecule has 0 saturated heterocycles. The normalized spacial score (nSPS) is 11.0. The summed E-state index contributed by atoms with van der Waals surface area (Å²) < 4.78 is 0. The van der Waals surface area contributed by atoms with E-state index in [0.29, 0.717) is 23.2 Å². The zero-order valence-corrected chi connectivity index (χ0v) is 14.0. The SMILES string of the molecule is CC(C)CCNc1ncnc(Nc2cccc3cccnc23)c1N. The van der Waals surface area contributed by atoms with Crippen molar-refractivity contribution in [3.8, 4) is 0 Å². The molecule has 3 aromatic rings. The van der Waals surface area contributed by atoms with Crippen LogP contribution in [0.4, 0.5) is 23.0 Å². The Balaban J connectivity index is 1.84. The first-order chi connectivity index (χ1) is 11.6. The van der Waals surface area contributed by atoms with E-state index in [1.807, 2.05) is 30.3 Å². The average molecular weight is 322 g/mol. The van der Waals surface area contributed by atoms with Gasteiger partial charge in [0.15, 0.2) is 11.6 Å². The van der Waals surface area contributed by atoms with E-state index in [2.05, 4.69) is 39.4 Å². The second-order valence-corrected chi connectivity index (χ2v) is 6.10. The van der Waals surface area contributed by atoms with Gasteiger partial charge in [-0.3, -0.25) is 4.98 Å². The van der Waals surface area contributed by atoms with Crippen molar-refractivity contribution < 1.29 is 0 Å². The Hall–Kier alpha value is -2.89. The average Bonchev–Trinajstić information content (AvgIpc) is 2.58. The van der Waals surface area contributed by atoms with Crippen molar-refractivity contribution in [1.82, 2.24) is 15.0 Å². The number of hydrogen-bond donors (Lipinski definition) is 3. The van der Waals surface area contributed by atoms with Gasteiger partial charge >= 0.3 is 0 Å². The number of nitrogen functional groups attached to an aromatic ring is 1. The van der Waals surface area contributed by atoms with Crippen LogP contribution in [0, 0.1) is 5.92 Å². The predicted molar refractivity (Wildman–Crippen MR) is 99.4 cm³/mol. The smallest absolute Gasteiger partial charge is 0.159 e. The van der Waals surface area contributed by atoms with E-state index in [4.69, 9.17) is 5.73 Å². The third-order valence-corrected chi connectivity index (χ3v) is 3.78. The minimum Gasteiger partial charge on any atom is -0.393 e. The van der Waals surface area contributed by atoms with Crippen LogP contribution in [0.2, 0.25) is 0 Å². The minimum atomic E-state index is 0.509. The van der Waals surface area contributed by atoms with Crippen LogP contribution in [0.15, 0.2) is 42.9 Å². The number of aromatic nitrogens is 3. The number of pyridine rings is 1. The van der Waals surface area contributed by atoms with Crippen LogP contribution in [0.5, 0.6) is 0 Å². The molecular weight excluding hydrogens is 300 g/mol. The predicted octanol–water partition coefficient (Wildman–Crippen LogP) is 3.81. The molecule has 4 N–H and O–H groups in total. The summed E-state index contributed by atoms with van der Waals surface area (Å²) in [5.74, 6) is 1.86. The third-order valence-electron chi connectivity index (χ3n) is 3.78. The quantitative estimate of drug-likeness (QED) is 0.639. The Morgan fingerprint density at radius 2 is 1.83 bits per heavy atom. The summed E-state index contributed by atoms with van der Waals surface area (Å²) in [5, 5.41) is 7.61. The summed E-state index contributed by atoms with van der Waals surface area (Å²) in [6.07, 6.45) is 4.34. The van der Waals surface area contributed by atoms with Gasteiger partial charge in [0.05, 0.1) is 11.2 Å². The number of rotatable bonds is 6. The molecule has 124 valence electrons. The van der Waals surface area contributed by atoms with Gasteiger partial charge in [-0.2, -0.15) is 0 Å². The van der Waals surface area contributed by atoms with Gasteiger partial charge in [0.25, 0.3) is 0 Å². The highest BCUT2D eigenvalue weighted by molar-refractivity contribution is 5.93. The molecule has 0 bridgehead atoms. The number of anilines is 4. The summed E-state index contributed by atoms with van der Waals surface area (Å²) >= 11 is 0. The number of benzene rings is 1. The summed E-state index contributed by atoms with van der Waals surface area (Å²) in [6, 6.07) is 9.90. The zero-order valence-electron chi connectivity index (χ0n) is 14.0. The molecule has 0 amide bonds. The van der Waals surface area contributed by atoms with Crippen molar-refractivity contribution in [1.29, 1.82) is 0 Å². The Morgan fingerprint density at radius 1 is 1.04 bits per heavy atom. The lowest BCUT2D eigenvalue weighted by Crippen LogP contribution is -2.10. The lowest BCUT2D eigenvalue weighted by Gasteiger charge is -2.14. The molecule has 6 nitrogen and oxygen atoms in total. The largest absolute Gasteiger partial charge is 0.393 e. The molecule has 0 atom stereocenters. The molecule has 2 heterocycles. The lowest BCUT2D eigenvalue weighted by atomic mass is 10.1. The van der Waals surface area contributed by atoms with Crippen molar-refractivity contribution >= 4 is 33.9 Å². The molecule has 1 aromatic carbocycles. The van der Waals surface area contributed by atoms with Crippen LogP contribution in [-0.2, 0) is 0 Å². The molecule has 0 saturated carbocycles. The highest BCUT2D eigenvalue weighted by Crippen LogP contribution is 2.29. The van der Waals surface area contributed by atoms with Gasteiger partial charge in [-0.25, -0.2) is 9.97 Å². The molecule has 0 radical (unpaired) electrons. The zero-order chi connectivity index (χ0) is 16.9. The van der Waals surface area contributed by atoms with E-state index in [9.17, 15) is 0 Å². The fourth-order valence-corrected chi connectivity index (χ4v) is 2.45. The van der Waals surface area contributed by atoms with Crippen LogP contribution in [-0.4, -0.2) is 21.5 Å². The molecule has 0 aliphatic rings. The number of nitrogens with zero attached hydrogens (tertiary/aromatic N) is 3. The molecule has 0 aliphatic heterocycles. The molecule has 0 spiro atoms. The highest BCUT2D eigenvalue weighted by Gasteiger charge is 2.10. The van der Waals surface area contributed by atoms with Gasteiger partial charge in [0.2, 0.25) is 0 Å². The minimum absolute atomic E-state index is 0.509. The first kappa shape index (κ1) is 16.0. The Labute approximate surface area is 141 Å². The van der Waals surface area contributed by atoms with Crippen molar-refractivity contribution in [2.45, 2.75) is 20.3 Å². The lowest BCUT2D eigenvalue weighted by molar-refractivity contribution is 0.606. The topological polar surface area (TPSA) is 88.8 Å². The van der Waals surface area contributed by atoms with E-state index in [0.717, 1.165) is 29.6 Å². The maximum atomic E-state index is 6.22. The van der Waals surface area contributed by atoms with Crippen LogP contribution < -0.4 is 16.4 Å². The molecule has 0 aliphatic carbocycles. The number of nitrogens with one attached hydrogen (secondary N) is 2. The second kappa shape index (κ2) is 7.12. The summed E-state index contributed by atoms with van der Waals surface area (Å²) in [6.45, 7) is 5.20. The first-order valence-corrected chi connectivity index (χ1v) is 8.10. The fourth-order valence-electron chi connectivity index (χ4n) is 2.45. The van der Waals surface area contributed by atoms with Crippen molar-refractivity contribution in [2.75, 3.05) is 22.9 Å². The van der Waals surface area contributed by atoms with Crippen molar-refractivity contribution in [2.24, 2.45) is 5.92 Å². The Morgan fingerprint density at radius 3 is 2.67 bits per heavy atom. The maximum absolute atomic E-state index is 6.22. The fraction of sp³-hybridized carbons (Fsp3) is 0.278. The van der Waals surface area contributed by atoms with Gasteiger partial charge in [-0.15, -0.1) is 0 Å².